The third-order valence-electron chi connectivity index (χ3n) is 5.43. The summed E-state index contributed by atoms with van der Waals surface area (Å²) >= 11 is 0. The molecule has 1 aromatic carbocycles. The molecule has 29 heavy (non-hydrogen) atoms. The number of hydrogen-bond acceptors (Lipinski definition) is 7. The summed E-state index contributed by atoms with van der Waals surface area (Å²) in [6.45, 7) is 4.61. The average molecular weight is 391 g/mol. The fraction of sp³-hybridized carbons (Fsp3) is 0.364. The van der Waals surface area contributed by atoms with Crippen molar-refractivity contribution in [1.29, 1.82) is 0 Å². The monoisotopic (exact) mass is 391 g/mol. The van der Waals surface area contributed by atoms with Crippen LogP contribution in [-0.2, 0) is 11.2 Å². The Morgan fingerprint density at radius 2 is 2.17 bits per heavy atom. The molecule has 1 N–H and O–H groups in total. The Balaban J connectivity index is 1.77. The van der Waals surface area contributed by atoms with Gasteiger partial charge < -0.3 is 15.0 Å². The van der Waals surface area contributed by atoms with Crippen LogP contribution in [0.15, 0.2) is 36.7 Å². The summed E-state index contributed by atoms with van der Waals surface area (Å²) in [6.07, 6.45) is 6.66. The van der Waals surface area contributed by atoms with Gasteiger partial charge >= 0.3 is 0 Å². The van der Waals surface area contributed by atoms with Crippen molar-refractivity contribution < 1.29 is 9.53 Å². The molecular weight excluding hydrogens is 366 g/mol. The number of carbonyl (C=O) groups is 1. The first-order valence-corrected chi connectivity index (χ1v) is 9.98. The van der Waals surface area contributed by atoms with E-state index in [0.29, 0.717) is 24.0 Å². The lowest BCUT2D eigenvalue weighted by Gasteiger charge is -2.30. The zero-order valence-corrected chi connectivity index (χ0v) is 16.8. The molecule has 4 rings (SSSR count). The minimum atomic E-state index is 0.329. The van der Waals surface area contributed by atoms with Crippen molar-refractivity contribution >= 4 is 23.1 Å². The number of likely N-dealkylation sites (tertiary alicyclic amines) is 1. The van der Waals surface area contributed by atoms with Crippen LogP contribution in [0.1, 0.15) is 25.3 Å². The van der Waals surface area contributed by atoms with E-state index in [0.717, 1.165) is 60.1 Å². The fourth-order valence-electron chi connectivity index (χ4n) is 3.91. The van der Waals surface area contributed by atoms with E-state index < -0.39 is 0 Å². The number of carbonyl (C=O) groups excluding carboxylic acids is 1. The van der Waals surface area contributed by atoms with Gasteiger partial charge in [-0.1, -0.05) is 13.0 Å². The quantitative estimate of drug-likeness (QED) is 0.646. The van der Waals surface area contributed by atoms with Gasteiger partial charge in [0.1, 0.15) is 11.4 Å². The molecule has 3 aromatic rings. The van der Waals surface area contributed by atoms with Crippen molar-refractivity contribution in [2.45, 2.75) is 32.2 Å². The highest BCUT2D eigenvalue weighted by Gasteiger charge is 2.20. The number of rotatable bonds is 6. The minimum absolute atomic E-state index is 0.329. The Morgan fingerprint density at radius 3 is 2.97 bits per heavy atom. The van der Waals surface area contributed by atoms with Crippen molar-refractivity contribution in [2.24, 2.45) is 0 Å². The van der Waals surface area contributed by atoms with Crippen LogP contribution in [0.3, 0.4) is 0 Å². The lowest BCUT2D eigenvalue weighted by molar-refractivity contribution is -0.120. The van der Waals surface area contributed by atoms with Gasteiger partial charge in [0.2, 0.25) is 0 Å². The zero-order chi connectivity index (χ0) is 20.2. The predicted octanol–water partition coefficient (Wildman–Crippen LogP) is 3.30. The van der Waals surface area contributed by atoms with Crippen molar-refractivity contribution in [1.82, 2.24) is 20.1 Å². The van der Waals surface area contributed by atoms with Crippen LogP contribution in [0.25, 0.3) is 22.0 Å². The number of pyridine rings is 1. The van der Waals surface area contributed by atoms with E-state index in [-0.39, 0.29) is 0 Å². The minimum Gasteiger partial charge on any atom is -0.428 e. The van der Waals surface area contributed by atoms with Crippen molar-refractivity contribution in [3.05, 3.63) is 42.2 Å². The van der Waals surface area contributed by atoms with Gasteiger partial charge in [0.25, 0.3) is 6.47 Å². The highest BCUT2D eigenvalue weighted by Crippen LogP contribution is 2.35. The summed E-state index contributed by atoms with van der Waals surface area (Å²) in [6, 6.07) is 8.09. The maximum Gasteiger partial charge on any atom is 0.298 e. The Morgan fingerprint density at radius 1 is 1.28 bits per heavy atom. The van der Waals surface area contributed by atoms with E-state index in [1.54, 1.807) is 6.20 Å². The van der Waals surface area contributed by atoms with Gasteiger partial charge in [0, 0.05) is 41.3 Å². The van der Waals surface area contributed by atoms with Gasteiger partial charge in [-0.05, 0) is 56.6 Å². The third-order valence-corrected chi connectivity index (χ3v) is 5.43. The van der Waals surface area contributed by atoms with Crippen LogP contribution in [-0.4, -0.2) is 52.7 Å². The summed E-state index contributed by atoms with van der Waals surface area (Å²) in [5.41, 5.74) is 2.50. The van der Waals surface area contributed by atoms with Crippen molar-refractivity contribution in [2.75, 3.05) is 25.5 Å². The number of benzene rings is 1. The molecule has 150 valence electrons. The van der Waals surface area contributed by atoms with Crippen LogP contribution < -0.4 is 10.1 Å². The number of aryl methyl sites for hydroxylation is 1. The Kier molecular flexibility index (Phi) is 5.67. The number of ether oxygens (including phenoxy) is 1. The molecule has 7 nitrogen and oxygen atoms in total. The maximum absolute atomic E-state index is 11.0. The van der Waals surface area contributed by atoms with Crippen molar-refractivity contribution in [3.8, 4) is 17.0 Å². The molecule has 0 aliphatic carbocycles. The highest BCUT2D eigenvalue weighted by molar-refractivity contribution is 6.00. The smallest absolute Gasteiger partial charge is 0.298 e. The molecule has 0 saturated carbocycles. The molecule has 2 aromatic heterocycles. The van der Waals surface area contributed by atoms with E-state index in [2.05, 4.69) is 39.4 Å². The second-order valence-corrected chi connectivity index (χ2v) is 7.46. The standard InChI is InChI=1S/C22H25N5O2/c1-3-15-6-7-18(20(11-15)29-14-28)21-17-8-9-23-12-19(17)22(26-25-21)24-16-5-4-10-27(2)13-16/h6-9,11-12,14,16H,3-5,10,13H2,1-2H3,(H,24,26)/t16-/m1/s1. The van der Waals surface area contributed by atoms with Gasteiger partial charge in [-0.3, -0.25) is 9.78 Å². The maximum atomic E-state index is 11.0. The first kappa shape index (κ1) is 19.3. The molecule has 0 unspecified atom stereocenters. The number of piperidine rings is 1. The molecule has 0 bridgehead atoms. The summed E-state index contributed by atoms with van der Waals surface area (Å²) in [4.78, 5) is 17.7. The van der Waals surface area contributed by atoms with Crippen LogP contribution in [0, 0.1) is 0 Å². The van der Waals surface area contributed by atoms with E-state index in [9.17, 15) is 4.79 Å². The van der Waals surface area contributed by atoms with Gasteiger partial charge in [0.05, 0.1) is 0 Å². The normalized spacial score (nSPS) is 17.2. The van der Waals surface area contributed by atoms with E-state index in [1.165, 1.54) is 0 Å². The lowest BCUT2D eigenvalue weighted by Crippen LogP contribution is -2.40. The molecule has 1 atom stereocenters. The number of hydrogen-bond donors (Lipinski definition) is 1. The highest BCUT2D eigenvalue weighted by atomic mass is 16.5. The fourth-order valence-corrected chi connectivity index (χ4v) is 3.91. The summed E-state index contributed by atoms with van der Waals surface area (Å²) in [5, 5.41) is 14.4. The zero-order valence-electron chi connectivity index (χ0n) is 16.8. The Hall–Kier alpha value is -3.06. The van der Waals surface area contributed by atoms with Crippen LogP contribution in [0.4, 0.5) is 5.82 Å². The van der Waals surface area contributed by atoms with Gasteiger partial charge in [-0.2, -0.15) is 0 Å². The predicted molar refractivity (Wildman–Crippen MR) is 113 cm³/mol. The summed E-state index contributed by atoms with van der Waals surface area (Å²) in [5.74, 6) is 1.22. The van der Waals surface area contributed by atoms with Crippen LogP contribution in [0.2, 0.25) is 0 Å². The van der Waals surface area contributed by atoms with E-state index >= 15 is 0 Å². The van der Waals surface area contributed by atoms with Gasteiger partial charge in [-0.15, -0.1) is 10.2 Å². The Bertz CT molecular complexity index is 1020. The molecule has 0 amide bonds. The third kappa shape index (κ3) is 4.05. The van der Waals surface area contributed by atoms with Gasteiger partial charge in [0.15, 0.2) is 5.82 Å². The largest absolute Gasteiger partial charge is 0.428 e. The number of likely N-dealkylation sites (N-methyl/N-ethyl adjacent to an activating group) is 1. The van der Waals surface area contributed by atoms with Crippen LogP contribution in [0.5, 0.6) is 5.75 Å². The number of aromatic nitrogens is 3. The number of fused-ring (bicyclic) bond motifs is 1. The molecule has 3 heterocycles. The lowest BCUT2D eigenvalue weighted by atomic mass is 10.0. The summed E-state index contributed by atoms with van der Waals surface area (Å²) < 4.78 is 5.26. The topological polar surface area (TPSA) is 80.2 Å². The second-order valence-electron chi connectivity index (χ2n) is 7.46. The molecule has 0 spiro atoms. The van der Waals surface area contributed by atoms with E-state index in [4.69, 9.17) is 4.74 Å². The molecular formula is C22H25N5O2. The van der Waals surface area contributed by atoms with Crippen LogP contribution >= 0.6 is 0 Å². The van der Waals surface area contributed by atoms with E-state index in [1.807, 2.05) is 30.5 Å². The number of nitrogens with one attached hydrogen (secondary N) is 1. The first-order chi connectivity index (χ1) is 14.2. The summed E-state index contributed by atoms with van der Waals surface area (Å²) in [7, 11) is 2.14. The molecule has 1 saturated heterocycles. The molecule has 1 fully saturated rings. The Labute approximate surface area is 170 Å². The number of nitrogens with zero attached hydrogens (tertiary/aromatic N) is 4. The number of anilines is 1. The second kappa shape index (κ2) is 8.53. The van der Waals surface area contributed by atoms with Crippen molar-refractivity contribution in [3.63, 3.8) is 0 Å². The molecule has 7 heteroatoms. The van der Waals surface area contributed by atoms with Gasteiger partial charge in [-0.25, -0.2) is 0 Å². The molecule has 0 radical (unpaired) electrons. The molecule has 1 aliphatic rings. The average Bonchev–Trinajstić information content (AvgIpc) is 2.74. The SMILES string of the molecule is CCc1ccc(-c2nnc(N[C@@H]3CCCN(C)C3)c3cnccc23)c(OC=O)c1. The molecule has 1 aliphatic heterocycles. The first-order valence-electron chi connectivity index (χ1n) is 9.98.